The number of alkyl halides is 3. The first-order valence-corrected chi connectivity index (χ1v) is 21.1. The Morgan fingerprint density at radius 3 is 2.49 bits per heavy atom. The fourth-order valence-electron chi connectivity index (χ4n) is 8.32. The van der Waals surface area contributed by atoms with E-state index in [0.29, 0.717) is 54.3 Å². The number of benzene rings is 1. The fraction of sp³-hybridized carbons (Fsp3) is 0.625. The van der Waals surface area contributed by atoms with Crippen molar-refractivity contribution in [2.24, 2.45) is 5.92 Å². The molecule has 57 heavy (non-hydrogen) atoms. The van der Waals surface area contributed by atoms with Gasteiger partial charge in [-0.15, -0.1) is 0 Å². The van der Waals surface area contributed by atoms with Crippen molar-refractivity contribution < 1.29 is 50.2 Å². The van der Waals surface area contributed by atoms with Crippen LogP contribution < -0.4 is 20.1 Å². The quantitative estimate of drug-likeness (QED) is 0.337. The summed E-state index contributed by atoms with van der Waals surface area (Å²) in [7, 11) is -4.05. The van der Waals surface area contributed by atoms with Gasteiger partial charge in [0.25, 0.3) is 5.91 Å². The van der Waals surface area contributed by atoms with Gasteiger partial charge in [-0.25, -0.2) is 18.2 Å². The molecule has 3 N–H and O–H groups in total. The van der Waals surface area contributed by atoms with Crippen molar-refractivity contribution in [2.75, 3.05) is 6.54 Å². The lowest BCUT2D eigenvalue weighted by atomic mass is 9.87. The van der Waals surface area contributed by atoms with Crippen LogP contribution in [0.25, 0.3) is 10.9 Å². The molecule has 0 radical (unpaired) electrons. The largest absolute Gasteiger partial charge is 0.483 e. The van der Waals surface area contributed by atoms with E-state index in [-0.39, 0.29) is 44.4 Å². The monoisotopic (exact) mass is 817 g/mol. The molecule has 17 heteroatoms. The molecule has 7 rings (SSSR count). The lowest BCUT2D eigenvalue weighted by Gasteiger charge is -2.37. The number of amides is 4. The number of hydrogen-bond acceptors (Lipinski definition) is 9. The van der Waals surface area contributed by atoms with Gasteiger partial charge in [0, 0.05) is 23.3 Å². The molecule has 0 bridgehead atoms. The van der Waals surface area contributed by atoms with Crippen LogP contribution in [0, 0.1) is 12.8 Å². The molecule has 4 amide bonds. The number of pyridine rings is 1. The Hall–Kier alpha value is -4.41. The van der Waals surface area contributed by atoms with Gasteiger partial charge in [-0.1, -0.05) is 25.0 Å². The molecule has 2 aliphatic carbocycles. The minimum Gasteiger partial charge on any atom is -0.483 e. The lowest BCUT2D eigenvalue weighted by Crippen LogP contribution is -2.58. The first-order valence-electron chi connectivity index (χ1n) is 19.6. The van der Waals surface area contributed by atoms with E-state index in [4.69, 9.17) is 9.47 Å². The number of alkyl carbamates (subject to hydrolysis) is 1. The zero-order chi connectivity index (χ0) is 41.3. The summed E-state index contributed by atoms with van der Waals surface area (Å²) < 4.78 is 81.0. The van der Waals surface area contributed by atoms with E-state index in [1.54, 1.807) is 34.6 Å². The Balaban J connectivity index is 1.24. The molecule has 3 fully saturated rings. The summed E-state index contributed by atoms with van der Waals surface area (Å²) in [4.78, 5) is 62.2. The van der Waals surface area contributed by atoms with Crippen LogP contribution in [0.4, 0.5) is 18.0 Å². The highest BCUT2D eigenvalue weighted by molar-refractivity contribution is 7.91. The number of hydrogen-bond donors (Lipinski definition) is 3. The number of aromatic nitrogens is 1. The molecule has 2 saturated carbocycles. The SMILES string of the molecule is Cc1nc2ccc(C(F)(F)F)cc2c2c1O[C@]1(CC2)C[C@H]2C(=O)N[C@]3(C(=O)NS(=O)(=O)C4(C)CC4)C[C@H]3/C=C\CCCCC[C@H](NC(=O)OC(C)(C)C)C(=O)N2C1. The average molecular weight is 818 g/mol. The number of sulfonamides is 1. The number of allylic oxidation sites excluding steroid dienone is 1. The van der Waals surface area contributed by atoms with Crippen molar-refractivity contribution in [1.82, 2.24) is 25.2 Å². The van der Waals surface area contributed by atoms with E-state index < -0.39 is 85.1 Å². The summed E-state index contributed by atoms with van der Waals surface area (Å²) in [6.07, 6.45) is 2.59. The normalized spacial score (nSPS) is 29.4. The third kappa shape index (κ3) is 8.04. The van der Waals surface area contributed by atoms with Crippen molar-refractivity contribution >= 4 is 44.7 Å². The zero-order valence-electron chi connectivity index (χ0n) is 32.8. The maximum atomic E-state index is 14.7. The molecule has 1 aromatic carbocycles. The number of halogens is 3. The first-order chi connectivity index (χ1) is 26.6. The third-order valence-corrected chi connectivity index (χ3v) is 14.2. The number of aryl methyl sites for hydroxylation is 2. The summed E-state index contributed by atoms with van der Waals surface area (Å²) in [5, 5.41) is 5.87. The van der Waals surface area contributed by atoms with E-state index in [0.717, 1.165) is 18.6 Å². The van der Waals surface area contributed by atoms with Gasteiger partial charge in [-0.05, 0) is 104 Å². The van der Waals surface area contributed by atoms with Crippen LogP contribution in [0.2, 0.25) is 0 Å². The van der Waals surface area contributed by atoms with Gasteiger partial charge in [-0.2, -0.15) is 13.2 Å². The Labute approximate surface area is 329 Å². The highest BCUT2D eigenvalue weighted by atomic mass is 32.2. The molecule has 310 valence electrons. The first kappa shape index (κ1) is 40.8. The number of fused-ring (bicyclic) bond motifs is 5. The third-order valence-electron chi connectivity index (χ3n) is 12.0. The predicted molar refractivity (Wildman–Crippen MR) is 202 cm³/mol. The van der Waals surface area contributed by atoms with Crippen LogP contribution in [0.1, 0.15) is 109 Å². The maximum absolute atomic E-state index is 14.7. The molecule has 1 saturated heterocycles. The van der Waals surface area contributed by atoms with Crippen molar-refractivity contribution in [1.29, 1.82) is 0 Å². The van der Waals surface area contributed by atoms with Crippen molar-refractivity contribution in [3.8, 4) is 5.75 Å². The van der Waals surface area contributed by atoms with Gasteiger partial charge in [0.2, 0.25) is 21.8 Å². The van der Waals surface area contributed by atoms with Crippen LogP contribution in [0.5, 0.6) is 5.75 Å². The highest BCUT2D eigenvalue weighted by Crippen LogP contribution is 2.49. The molecule has 5 atom stereocenters. The maximum Gasteiger partial charge on any atom is 0.416 e. The molecule has 4 heterocycles. The van der Waals surface area contributed by atoms with Gasteiger partial charge in [0.05, 0.1) is 28.1 Å². The number of carbonyl (C=O) groups is 4. The second-order valence-corrected chi connectivity index (χ2v) is 19.8. The Kier molecular flexibility index (Phi) is 10.1. The molecular weight excluding hydrogens is 768 g/mol. The van der Waals surface area contributed by atoms with Crippen LogP contribution in [0.15, 0.2) is 30.4 Å². The van der Waals surface area contributed by atoms with Gasteiger partial charge >= 0.3 is 12.3 Å². The van der Waals surface area contributed by atoms with Crippen molar-refractivity contribution in [3.05, 3.63) is 47.2 Å². The Morgan fingerprint density at radius 2 is 1.81 bits per heavy atom. The minimum absolute atomic E-state index is 0.0577. The molecule has 3 aliphatic heterocycles. The van der Waals surface area contributed by atoms with E-state index in [9.17, 15) is 40.8 Å². The molecule has 1 aromatic heterocycles. The number of nitrogens with zero attached hydrogens (tertiary/aromatic N) is 2. The number of rotatable bonds is 4. The summed E-state index contributed by atoms with van der Waals surface area (Å²) in [6.45, 7) is 8.20. The summed E-state index contributed by atoms with van der Waals surface area (Å²) >= 11 is 0. The molecular formula is C40H50F3N5O8S. The molecule has 2 aromatic rings. The number of carbonyl (C=O) groups excluding carboxylic acids is 4. The van der Waals surface area contributed by atoms with Crippen LogP contribution in [-0.2, 0) is 41.7 Å². The predicted octanol–water partition coefficient (Wildman–Crippen LogP) is 5.51. The fourth-order valence-corrected chi connectivity index (χ4v) is 9.63. The van der Waals surface area contributed by atoms with Crippen molar-refractivity contribution in [2.45, 2.75) is 145 Å². The highest BCUT2D eigenvalue weighted by Gasteiger charge is 2.64. The van der Waals surface area contributed by atoms with Crippen LogP contribution in [-0.4, -0.2) is 82.2 Å². The molecule has 0 unspecified atom stereocenters. The topological polar surface area (TPSA) is 173 Å². The van der Waals surface area contributed by atoms with Crippen LogP contribution >= 0.6 is 0 Å². The lowest BCUT2D eigenvalue weighted by molar-refractivity contribution is -0.141. The standard InChI is InChI=1S/C40H50F3N5O8S/c1-23-31-26(27-19-24(40(41,42)43)13-14-28(27)44-23)15-16-38(55-31)21-30-32(49)46-39(34(51)47-57(53,54)37(5)17-18-37)20-25(39)11-9-7-6-8-10-12-29(33(50)48(30)22-38)45-35(52)56-36(2,3)4/h9,11,13-14,19,25,29-30H,6-8,10,12,15-18,20-22H2,1-5H3,(H,45,52)(H,46,49)(H,47,51)/b11-9-/t25-,29+,30+,38-,39-/m1/s1. The molecule has 1 spiro atoms. The molecule has 13 nitrogen and oxygen atoms in total. The number of nitrogens with one attached hydrogen (secondary N) is 3. The minimum atomic E-state index is -4.58. The van der Waals surface area contributed by atoms with Crippen molar-refractivity contribution in [3.63, 3.8) is 0 Å². The zero-order valence-corrected chi connectivity index (χ0v) is 33.6. The second-order valence-electron chi connectivity index (χ2n) is 17.6. The van der Waals surface area contributed by atoms with E-state index >= 15 is 0 Å². The number of ether oxygens (including phenoxy) is 2. The van der Waals surface area contributed by atoms with Crippen LogP contribution in [0.3, 0.4) is 0 Å². The second kappa shape index (κ2) is 14.2. The van der Waals surface area contributed by atoms with E-state index in [1.165, 1.54) is 11.0 Å². The van der Waals surface area contributed by atoms with Gasteiger partial charge in [0.15, 0.2) is 0 Å². The average Bonchev–Trinajstić information content (AvgIpc) is 4.00. The molecule has 5 aliphatic rings. The van der Waals surface area contributed by atoms with Gasteiger partial charge < -0.3 is 25.0 Å². The summed E-state index contributed by atoms with van der Waals surface area (Å²) in [5.41, 5.74) is -3.15. The van der Waals surface area contributed by atoms with E-state index in [2.05, 4.69) is 20.3 Å². The van der Waals surface area contributed by atoms with Gasteiger partial charge in [-0.3, -0.25) is 19.1 Å². The van der Waals surface area contributed by atoms with Gasteiger partial charge in [0.1, 0.15) is 34.6 Å². The Morgan fingerprint density at radius 1 is 1.07 bits per heavy atom. The van der Waals surface area contributed by atoms with E-state index in [1.807, 2.05) is 12.2 Å². The summed E-state index contributed by atoms with van der Waals surface area (Å²) in [6, 6.07) is 1.04. The smallest absolute Gasteiger partial charge is 0.416 e. The Bertz CT molecular complexity index is 2150. The summed E-state index contributed by atoms with van der Waals surface area (Å²) in [5.74, 6) is -2.36.